The van der Waals surface area contributed by atoms with Gasteiger partial charge in [0.15, 0.2) is 0 Å². The molecule has 2 aromatic carbocycles. The summed E-state index contributed by atoms with van der Waals surface area (Å²) in [6, 6.07) is 17.8. The van der Waals surface area contributed by atoms with Crippen molar-refractivity contribution in [3.8, 4) is 5.75 Å². The van der Waals surface area contributed by atoms with Gasteiger partial charge in [0.05, 0.1) is 34.6 Å². The number of aliphatic hydroxyl groups excluding tert-OH is 1. The number of carboxylic acid groups (broad SMARTS) is 1. The van der Waals surface area contributed by atoms with Crippen molar-refractivity contribution in [1.82, 2.24) is 20.2 Å². The van der Waals surface area contributed by atoms with Gasteiger partial charge in [0, 0.05) is 37.5 Å². The van der Waals surface area contributed by atoms with E-state index in [1.165, 1.54) is 25.0 Å². The van der Waals surface area contributed by atoms with Crippen LogP contribution in [0.25, 0.3) is 10.9 Å². The van der Waals surface area contributed by atoms with E-state index in [-0.39, 0.29) is 35.2 Å². The summed E-state index contributed by atoms with van der Waals surface area (Å²) in [6.07, 6.45) is 8.47. The van der Waals surface area contributed by atoms with Gasteiger partial charge in [-0.15, -0.1) is 0 Å². The molecule has 1 saturated carbocycles. The van der Waals surface area contributed by atoms with Gasteiger partial charge in [0.1, 0.15) is 5.75 Å². The maximum absolute atomic E-state index is 13.2. The number of amides is 1. The lowest BCUT2D eigenvalue weighted by atomic mass is 9.55. The van der Waals surface area contributed by atoms with Crippen LogP contribution in [0.2, 0.25) is 0 Å². The van der Waals surface area contributed by atoms with Crippen LogP contribution in [0.4, 0.5) is 5.69 Å². The van der Waals surface area contributed by atoms with E-state index in [2.05, 4.69) is 31.6 Å². The molecule has 3 unspecified atom stereocenters. The Balaban J connectivity index is 0.902. The lowest BCUT2D eigenvalue weighted by molar-refractivity contribution is -0.151. The molecule has 11 nitrogen and oxygen atoms in total. The number of aryl methyl sites for hydroxylation is 1. The average molecular weight is 708 g/mol. The number of nitrogens with zero attached hydrogens (tertiary/aromatic N) is 2. The molecule has 4 aromatic rings. The molecule has 0 spiro atoms. The number of H-pyrrole nitrogens is 1. The molecule has 4 fully saturated rings. The summed E-state index contributed by atoms with van der Waals surface area (Å²) < 4.78 is 0. The minimum absolute atomic E-state index is 0.0596. The molecule has 2 bridgehead atoms. The van der Waals surface area contributed by atoms with Gasteiger partial charge >= 0.3 is 5.97 Å². The number of aromatic hydroxyl groups is 1. The summed E-state index contributed by atoms with van der Waals surface area (Å²) in [5.74, 6) is 0.370. The Labute approximate surface area is 303 Å². The zero-order valence-corrected chi connectivity index (χ0v) is 29.5. The highest BCUT2D eigenvalue weighted by molar-refractivity contribution is 5.90. The number of anilines is 1. The quantitative estimate of drug-likeness (QED) is 0.109. The number of carboxylic acids is 1. The van der Waals surface area contributed by atoms with E-state index in [0.717, 1.165) is 55.7 Å². The van der Waals surface area contributed by atoms with Crippen molar-refractivity contribution in [1.29, 1.82) is 0 Å². The largest absolute Gasteiger partial charge is 0.506 e. The third-order valence-corrected chi connectivity index (χ3v) is 11.9. The summed E-state index contributed by atoms with van der Waals surface area (Å²) in [4.78, 5) is 47.4. The number of phenols is 1. The number of pyridine rings is 2. The van der Waals surface area contributed by atoms with Crippen LogP contribution in [0, 0.1) is 17.8 Å². The first-order valence-electron chi connectivity index (χ1n) is 18.7. The second kappa shape index (κ2) is 15.6. The molecule has 4 atom stereocenters. The van der Waals surface area contributed by atoms with Gasteiger partial charge in [-0.3, -0.25) is 19.4 Å². The molecule has 8 rings (SSSR count). The molecule has 11 heteroatoms. The number of carbonyl (C=O) groups excluding carboxylic acids is 1. The number of benzene rings is 2. The molecule has 1 aliphatic carbocycles. The number of aliphatic carboxylic acids is 1. The van der Waals surface area contributed by atoms with Gasteiger partial charge in [-0.05, 0) is 110 Å². The Hall–Kier alpha value is -4.58. The highest BCUT2D eigenvalue weighted by Gasteiger charge is 2.54. The first-order chi connectivity index (χ1) is 25.2. The fourth-order valence-electron chi connectivity index (χ4n) is 9.27. The molecule has 6 N–H and O–H groups in total. The minimum Gasteiger partial charge on any atom is -0.506 e. The fourth-order valence-corrected chi connectivity index (χ4v) is 9.27. The first kappa shape index (κ1) is 35.8. The van der Waals surface area contributed by atoms with E-state index >= 15 is 0 Å². The summed E-state index contributed by atoms with van der Waals surface area (Å²) >= 11 is 0. The number of aliphatic hydroxyl groups is 1. The Bertz CT molecular complexity index is 1960. The van der Waals surface area contributed by atoms with Crippen molar-refractivity contribution in [3.63, 3.8) is 0 Å². The van der Waals surface area contributed by atoms with E-state index in [0.29, 0.717) is 60.7 Å². The lowest BCUT2D eigenvalue weighted by Crippen LogP contribution is -2.56. The number of carbonyl (C=O) groups is 2. The maximum atomic E-state index is 13.2. The van der Waals surface area contributed by atoms with Gasteiger partial charge < -0.3 is 35.8 Å². The van der Waals surface area contributed by atoms with Crippen LogP contribution in [-0.4, -0.2) is 68.2 Å². The number of hydrogen-bond acceptors (Lipinski definition) is 8. The third kappa shape index (κ3) is 7.49. The lowest BCUT2D eigenvalue weighted by Gasteiger charge is -2.53. The van der Waals surface area contributed by atoms with Crippen LogP contribution in [0.3, 0.4) is 0 Å². The molecule has 3 aliphatic heterocycles. The number of nitrogens with one attached hydrogen (secondary N) is 3. The maximum Gasteiger partial charge on any atom is 0.314 e. The van der Waals surface area contributed by atoms with Crippen molar-refractivity contribution in [3.05, 3.63) is 99.6 Å². The van der Waals surface area contributed by atoms with E-state index < -0.39 is 17.5 Å². The standard InChI is InChI=1S/C41H49N5O6/c47-35-14-12-31(32-13-15-38(50)45-39(32)35)36(48)24-42-22-29-10-11-30(23-43-29)44-37(49)9-4-6-26-5-3-7-28(21-26)41(40(51)52)18-2-1-8-34(41)33-25-46-19-16-27(33)17-20-46/h3,5,7,10-15,21,23,27,33-34,36,42,47-48H,1-2,4,6,8-9,16-20,22,24-25H2,(H,44,49)(H,45,50)(H,51,52)/t33?,34?,36-,41?/m0/s1. The molecule has 274 valence electrons. The zero-order valence-electron chi connectivity index (χ0n) is 29.5. The summed E-state index contributed by atoms with van der Waals surface area (Å²) in [7, 11) is 0. The van der Waals surface area contributed by atoms with E-state index in [9.17, 15) is 29.7 Å². The molecule has 0 radical (unpaired) electrons. The van der Waals surface area contributed by atoms with Crippen LogP contribution in [0.5, 0.6) is 5.75 Å². The van der Waals surface area contributed by atoms with Gasteiger partial charge in [0.2, 0.25) is 11.5 Å². The molecule has 3 saturated heterocycles. The average Bonchev–Trinajstić information content (AvgIpc) is 3.16. The molecule has 5 heterocycles. The van der Waals surface area contributed by atoms with Crippen LogP contribution in [-0.2, 0) is 28.0 Å². The number of aromatic amines is 1. The summed E-state index contributed by atoms with van der Waals surface area (Å²) in [6.45, 7) is 3.94. The molecule has 52 heavy (non-hydrogen) atoms. The van der Waals surface area contributed by atoms with Crippen molar-refractivity contribution >= 4 is 28.5 Å². The Morgan fingerprint density at radius 3 is 2.63 bits per heavy atom. The molecular formula is C41H49N5O6. The van der Waals surface area contributed by atoms with Crippen molar-refractivity contribution in [2.75, 3.05) is 31.5 Å². The van der Waals surface area contributed by atoms with E-state index in [4.69, 9.17) is 0 Å². The summed E-state index contributed by atoms with van der Waals surface area (Å²) in [5.41, 5.74) is 3.01. The highest BCUT2D eigenvalue weighted by atomic mass is 16.4. The minimum atomic E-state index is -0.882. The van der Waals surface area contributed by atoms with Gasteiger partial charge in [-0.25, -0.2) is 0 Å². The Kier molecular flexibility index (Phi) is 10.7. The van der Waals surface area contributed by atoms with E-state index in [1.54, 1.807) is 24.4 Å². The first-order valence-corrected chi connectivity index (χ1v) is 18.7. The van der Waals surface area contributed by atoms with Crippen LogP contribution < -0.4 is 16.2 Å². The van der Waals surface area contributed by atoms with Crippen molar-refractivity contribution < 1.29 is 24.9 Å². The monoisotopic (exact) mass is 707 g/mol. The van der Waals surface area contributed by atoms with Crippen molar-refractivity contribution in [2.24, 2.45) is 17.8 Å². The number of phenolic OH excluding ortho intramolecular Hbond substituents is 1. The zero-order chi connectivity index (χ0) is 36.2. The number of piperidine rings is 3. The number of aromatic nitrogens is 2. The van der Waals surface area contributed by atoms with Crippen LogP contribution in [0.15, 0.2) is 71.7 Å². The molecule has 4 aliphatic rings. The highest BCUT2D eigenvalue weighted by Crippen LogP contribution is 2.52. The smallest absolute Gasteiger partial charge is 0.314 e. The molecule has 1 amide bonds. The summed E-state index contributed by atoms with van der Waals surface area (Å²) in [5, 5.41) is 38.4. The SMILES string of the molecule is O=C(CCCc1cccc(C2(C(=O)O)CCCCC2C2CN3CCC2CC3)c1)Nc1ccc(CNC[C@H](O)c2ccc(O)c3[nH]c(=O)ccc23)nc1. The van der Waals surface area contributed by atoms with E-state index in [1.807, 2.05) is 24.3 Å². The number of fused-ring (bicyclic) bond motifs is 4. The molecular weight excluding hydrogens is 658 g/mol. The van der Waals surface area contributed by atoms with Gasteiger partial charge in [-0.1, -0.05) is 43.2 Å². The third-order valence-electron chi connectivity index (χ3n) is 11.9. The molecule has 2 aromatic heterocycles. The second-order valence-electron chi connectivity index (χ2n) is 15.0. The predicted octanol–water partition coefficient (Wildman–Crippen LogP) is 5.27. The number of rotatable bonds is 13. The Morgan fingerprint density at radius 1 is 1.04 bits per heavy atom. The second-order valence-corrected chi connectivity index (χ2v) is 15.0. The normalized spacial score (nSPS) is 24.8. The Morgan fingerprint density at radius 2 is 1.88 bits per heavy atom. The van der Waals surface area contributed by atoms with Gasteiger partial charge in [0.25, 0.3) is 0 Å². The van der Waals surface area contributed by atoms with Crippen LogP contribution >= 0.6 is 0 Å². The van der Waals surface area contributed by atoms with Gasteiger partial charge in [-0.2, -0.15) is 0 Å². The van der Waals surface area contributed by atoms with Crippen molar-refractivity contribution in [2.45, 2.75) is 75.9 Å². The van der Waals surface area contributed by atoms with Crippen LogP contribution in [0.1, 0.15) is 79.9 Å². The fraction of sp³-hybridized carbons (Fsp3) is 0.463. The number of hydrogen-bond donors (Lipinski definition) is 6. The topological polar surface area (TPSA) is 168 Å². The predicted molar refractivity (Wildman–Crippen MR) is 199 cm³/mol.